The number of hydrogen-bond donors (Lipinski definition) is 0. The van der Waals surface area contributed by atoms with Crippen molar-refractivity contribution in [2.24, 2.45) is 0 Å². The second-order valence-electron chi connectivity index (χ2n) is 4.10. The Morgan fingerprint density at radius 2 is 1.59 bits per heavy atom. The van der Waals surface area contributed by atoms with Crippen molar-refractivity contribution < 1.29 is 27.4 Å². The highest BCUT2D eigenvalue weighted by Crippen LogP contribution is 2.26. The topological polar surface area (TPSA) is 35.5 Å². The Labute approximate surface area is 129 Å². The number of carbonyl (C=O) groups excluding carboxylic acids is 1. The van der Waals surface area contributed by atoms with Crippen molar-refractivity contribution in [3.05, 3.63) is 54.6 Å². The lowest BCUT2D eigenvalue weighted by atomic mass is 10.3. The van der Waals surface area contributed by atoms with Crippen LogP contribution in [0.4, 0.5) is 13.2 Å². The van der Waals surface area contributed by atoms with Gasteiger partial charge in [-0.3, -0.25) is 4.79 Å². The minimum atomic E-state index is -4.71. The third-order valence-electron chi connectivity index (χ3n) is 2.39. The molecule has 0 radical (unpaired) electrons. The Morgan fingerprint density at radius 3 is 2.18 bits per heavy atom. The monoisotopic (exact) mass is 328 g/mol. The van der Waals surface area contributed by atoms with Gasteiger partial charge in [-0.2, -0.15) is 0 Å². The molecule has 2 aromatic rings. The molecule has 0 atom stereocenters. The number of hydrogen-bond acceptors (Lipinski definition) is 4. The van der Waals surface area contributed by atoms with Crippen LogP contribution in [0.15, 0.2) is 59.5 Å². The standard InChI is InChI=1S/C15H11F3O3S/c16-15(17,18)21-12-6-8-13(9-7-12)22-10-14(19)20-11-4-2-1-3-5-11/h1-9H,10H2. The number of alkyl halides is 3. The number of halogens is 3. The van der Waals surface area contributed by atoms with Crippen LogP contribution in [0.2, 0.25) is 0 Å². The van der Waals surface area contributed by atoms with Gasteiger partial charge < -0.3 is 9.47 Å². The summed E-state index contributed by atoms with van der Waals surface area (Å²) in [6.45, 7) is 0. The maximum atomic E-state index is 12.0. The Hall–Kier alpha value is -2.15. The first-order valence-corrected chi connectivity index (χ1v) is 7.15. The molecule has 0 aromatic heterocycles. The second kappa shape index (κ2) is 7.22. The van der Waals surface area contributed by atoms with E-state index >= 15 is 0 Å². The Kier molecular flexibility index (Phi) is 5.32. The van der Waals surface area contributed by atoms with E-state index in [2.05, 4.69) is 4.74 Å². The van der Waals surface area contributed by atoms with Crippen molar-refractivity contribution >= 4 is 17.7 Å². The molecule has 0 saturated heterocycles. The predicted molar refractivity (Wildman–Crippen MR) is 75.9 cm³/mol. The third-order valence-corrected chi connectivity index (χ3v) is 3.37. The van der Waals surface area contributed by atoms with E-state index in [1.54, 1.807) is 30.3 Å². The van der Waals surface area contributed by atoms with Crippen LogP contribution in [0.1, 0.15) is 0 Å². The molecule has 0 fully saturated rings. The van der Waals surface area contributed by atoms with E-state index < -0.39 is 12.3 Å². The van der Waals surface area contributed by atoms with E-state index in [4.69, 9.17) is 4.74 Å². The van der Waals surface area contributed by atoms with Crippen LogP contribution in [0, 0.1) is 0 Å². The SMILES string of the molecule is O=C(CSc1ccc(OC(F)(F)F)cc1)Oc1ccccc1. The summed E-state index contributed by atoms with van der Waals surface area (Å²) < 4.78 is 44.9. The van der Waals surface area contributed by atoms with E-state index in [-0.39, 0.29) is 11.5 Å². The van der Waals surface area contributed by atoms with Crippen LogP contribution < -0.4 is 9.47 Å². The van der Waals surface area contributed by atoms with Gasteiger partial charge in [-0.1, -0.05) is 18.2 Å². The summed E-state index contributed by atoms with van der Waals surface area (Å²) in [6.07, 6.45) is -4.71. The first kappa shape index (κ1) is 16.2. The lowest BCUT2D eigenvalue weighted by Crippen LogP contribution is -2.16. The molecule has 0 amide bonds. The van der Waals surface area contributed by atoms with Gasteiger partial charge in [-0.05, 0) is 36.4 Å². The highest BCUT2D eigenvalue weighted by atomic mass is 32.2. The lowest BCUT2D eigenvalue weighted by Gasteiger charge is -2.09. The minimum absolute atomic E-state index is 0.0500. The maximum Gasteiger partial charge on any atom is 0.573 e. The first-order valence-electron chi connectivity index (χ1n) is 6.17. The number of thioether (sulfide) groups is 1. The van der Waals surface area contributed by atoms with Crippen molar-refractivity contribution in [3.63, 3.8) is 0 Å². The highest BCUT2D eigenvalue weighted by Gasteiger charge is 2.30. The molecule has 0 heterocycles. The van der Waals surface area contributed by atoms with Gasteiger partial charge in [0.05, 0.1) is 5.75 Å². The van der Waals surface area contributed by atoms with Crippen molar-refractivity contribution in [2.45, 2.75) is 11.3 Å². The molecule has 0 saturated carbocycles. The van der Waals surface area contributed by atoms with E-state index in [0.717, 1.165) is 11.8 Å². The summed E-state index contributed by atoms with van der Waals surface area (Å²) in [7, 11) is 0. The smallest absolute Gasteiger partial charge is 0.426 e. The van der Waals surface area contributed by atoms with Gasteiger partial charge >= 0.3 is 12.3 Å². The fourth-order valence-electron chi connectivity index (χ4n) is 1.53. The van der Waals surface area contributed by atoms with Gasteiger partial charge in [0, 0.05) is 4.90 Å². The summed E-state index contributed by atoms with van der Waals surface area (Å²) in [5, 5.41) is 0. The van der Waals surface area contributed by atoms with Crippen molar-refractivity contribution in [2.75, 3.05) is 5.75 Å². The average molecular weight is 328 g/mol. The van der Waals surface area contributed by atoms with Gasteiger partial charge in [0.2, 0.25) is 0 Å². The van der Waals surface area contributed by atoms with E-state index in [9.17, 15) is 18.0 Å². The third kappa shape index (κ3) is 5.69. The quantitative estimate of drug-likeness (QED) is 0.466. The molecule has 0 unspecified atom stereocenters. The Morgan fingerprint density at radius 1 is 0.955 bits per heavy atom. The molecular weight excluding hydrogens is 317 g/mol. The summed E-state index contributed by atoms with van der Waals surface area (Å²) in [5.41, 5.74) is 0. The van der Waals surface area contributed by atoms with Gasteiger partial charge in [-0.25, -0.2) is 0 Å². The van der Waals surface area contributed by atoms with Gasteiger partial charge in [0.15, 0.2) is 0 Å². The number of carbonyl (C=O) groups is 1. The molecule has 3 nitrogen and oxygen atoms in total. The van der Waals surface area contributed by atoms with E-state index in [1.165, 1.54) is 24.3 Å². The van der Waals surface area contributed by atoms with Crippen molar-refractivity contribution in [3.8, 4) is 11.5 Å². The molecule has 2 rings (SSSR count). The molecule has 0 aliphatic heterocycles. The number of para-hydroxylation sites is 1. The highest BCUT2D eigenvalue weighted by molar-refractivity contribution is 8.00. The van der Waals surface area contributed by atoms with Crippen LogP contribution >= 0.6 is 11.8 Å². The zero-order valence-electron chi connectivity index (χ0n) is 11.2. The lowest BCUT2D eigenvalue weighted by molar-refractivity contribution is -0.274. The van der Waals surface area contributed by atoms with Crippen LogP contribution in [-0.2, 0) is 4.79 Å². The molecule has 0 spiro atoms. The largest absolute Gasteiger partial charge is 0.573 e. The molecule has 116 valence electrons. The van der Waals surface area contributed by atoms with Crippen LogP contribution in [0.5, 0.6) is 11.5 Å². The van der Waals surface area contributed by atoms with Crippen molar-refractivity contribution in [1.82, 2.24) is 0 Å². The van der Waals surface area contributed by atoms with Gasteiger partial charge in [-0.15, -0.1) is 24.9 Å². The molecule has 2 aromatic carbocycles. The fourth-order valence-corrected chi connectivity index (χ4v) is 2.20. The second-order valence-corrected chi connectivity index (χ2v) is 5.14. The number of ether oxygens (including phenoxy) is 2. The molecule has 0 aliphatic carbocycles. The van der Waals surface area contributed by atoms with Crippen molar-refractivity contribution in [1.29, 1.82) is 0 Å². The maximum absolute atomic E-state index is 12.0. The Bertz CT molecular complexity index is 612. The van der Waals surface area contributed by atoms with Gasteiger partial charge in [0.1, 0.15) is 11.5 Å². The molecule has 0 aliphatic rings. The summed E-state index contributed by atoms with van der Waals surface area (Å²) in [4.78, 5) is 12.3. The molecule has 0 N–H and O–H groups in total. The molecular formula is C15H11F3O3S. The molecule has 0 bridgehead atoms. The Balaban J connectivity index is 1.83. The first-order chi connectivity index (χ1) is 10.4. The molecule has 7 heteroatoms. The summed E-state index contributed by atoms with van der Waals surface area (Å²) in [5.74, 6) is -0.244. The average Bonchev–Trinajstić information content (AvgIpc) is 2.46. The summed E-state index contributed by atoms with van der Waals surface area (Å²) >= 11 is 1.16. The summed E-state index contributed by atoms with van der Waals surface area (Å²) in [6, 6.07) is 13.9. The normalized spacial score (nSPS) is 11.0. The minimum Gasteiger partial charge on any atom is -0.426 e. The van der Waals surface area contributed by atoms with Gasteiger partial charge in [0.25, 0.3) is 0 Å². The van der Waals surface area contributed by atoms with Crippen LogP contribution in [0.3, 0.4) is 0 Å². The van der Waals surface area contributed by atoms with Crippen LogP contribution in [-0.4, -0.2) is 18.1 Å². The van der Waals surface area contributed by atoms with E-state index in [1.807, 2.05) is 0 Å². The molecule has 22 heavy (non-hydrogen) atoms. The zero-order valence-corrected chi connectivity index (χ0v) is 12.0. The number of rotatable bonds is 5. The number of esters is 1. The van der Waals surface area contributed by atoms with Crippen LogP contribution in [0.25, 0.3) is 0 Å². The fraction of sp³-hybridized carbons (Fsp3) is 0.133. The predicted octanol–water partition coefficient (Wildman–Crippen LogP) is 4.28. The number of benzene rings is 2. The zero-order chi connectivity index (χ0) is 16.0. The van der Waals surface area contributed by atoms with E-state index in [0.29, 0.717) is 10.6 Å².